The molecule has 0 saturated heterocycles. The Kier molecular flexibility index (Phi) is 5.30. The predicted molar refractivity (Wildman–Crippen MR) is 111 cm³/mol. The van der Waals surface area contributed by atoms with Crippen LogP contribution in [0, 0.1) is 0 Å². The molecule has 0 unspecified atom stereocenters. The smallest absolute Gasteiger partial charge is 0.339 e. The molecule has 0 bridgehead atoms. The molecule has 8 nitrogen and oxygen atoms in total. The van der Waals surface area contributed by atoms with Gasteiger partial charge >= 0.3 is 12.1 Å². The van der Waals surface area contributed by atoms with Gasteiger partial charge in [0.2, 0.25) is 11.7 Å². The number of hydrogen-bond donors (Lipinski definition) is 0. The number of thioether (sulfide) groups is 1. The number of hydrogen-bond acceptors (Lipinski definition) is 8. The quantitative estimate of drug-likeness (QED) is 0.268. The highest BCUT2D eigenvalue weighted by Crippen LogP contribution is 2.43. The molecule has 178 valence electrons. The van der Waals surface area contributed by atoms with E-state index in [4.69, 9.17) is 4.52 Å². The van der Waals surface area contributed by atoms with Crippen LogP contribution in [0.5, 0.6) is 0 Å². The van der Waals surface area contributed by atoms with E-state index in [1.807, 2.05) is 13.0 Å². The summed E-state index contributed by atoms with van der Waals surface area (Å²) in [5, 5.41) is 10.7. The molecule has 0 amide bonds. The van der Waals surface area contributed by atoms with Crippen LogP contribution in [0.2, 0.25) is 0 Å². The van der Waals surface area contributed by atoms with E-state index in [0.29, 0.717) is 45.6 Å². The van der Waals surface area contributed by atoms with Crippen molar-refractivity contribution in [1.29, 1.82) is 0 Å². The second-order valence-electron chi connectivity index (χ2n) is 7.74. The SMILES string of the molecule is CCSc1cc(-c2noc(C3CC3)n2)cnc1-c1nc2cc(C(F)(F)C(F)(F)F)nnc2n1C. The summed E-state index contributed by atoms with van der Waals surface area (Å²) in [7, 11) is 1.55. The van der Waals surface area contributed by atoms with Crippen molar-refractivity contribution in [2.45, 2.75) is 42.7 Å². The highest BCUT2D eigenvalue weighted by Gasteiger charge is 2.60. The van der Waals surface area contributed by atoms with E-state index in [0.717, 1.165) is 12.8 Å². The van der Waals surface area contributed by atoms with Gasteiger partial charge in [0.15, 0.2) is 11.5 Å². The molecule has 34 heavy (non-hydrogen) atoms. The van der Waals surface area contributed by atoms with Crippen molar-refractivity contribution < 1.29 is 26.5 Å². The molecule has 1 aliphatic carbocycles. The number of fused-ring (bicyclic) bond motifs is 1. The first kappa shape index (κ1) is 22.6. The van der Waals surface area contributed by atoms with Crippen LogP contribution in [-0.4, -0.2) is 46.8 Å². The number of imidazole rings is 1. The second kappa shape index (κ2) is 7.96. The van der Waals surface area contributed by atoms with Gasteiger partial charge in [0, 0.05) is 29.6 Å². The van der Waals surface area contributed by atoms with Crippen LogP contribution in [0.1, 0.15) is 37.3 Å². The summed E-state index contributed by atoms with van der Waals surface area (Å²) < 4.78 is 72.5. The molecule has 4 heterocycles. The number of pyridine rings is 1. The van der Waals surface area contributed by atoms with Gasteiger partial charge in [-0.2, -0.15) is 26.9 Å². The van der Waals surface area contributed by atoms with Gasteiger partial charge in [-0.05, 0) is 30.7 Å². The summed E-state index contributed by atoms with van der Waals surface area (Å²) in [4.78, 5) is 13.9. The minimum Gasteiger partial charge on any atom is -0.339 e. The highest BCUT2D eigenvalue weighted by molar-refractivity contribution is 7.99. The fourth-order valence-electron chi connectivity index (χ4n) is 3.35. The van der Waals surface area contributed by atoms with Crippen molar-refractivity contribution in [3.8, 4) is 22.9 Å². The maximum absolute atomic E-state index is 13.7. The summed E-state index contributed by atoms with van der Waals surface area (Å²) in [6, 6.07) is 2.41. The normalized spacial score (nSPS) is 14.8. The summed E-state index contributed by atoms with van der Waals surface area (Å²) in [6.07, 6.45) is -2.24. The Morgan fingerprint density at radius 2 is 1.88 bits per heavy atom. The lowest BCUT2D eigenvalue weighted by Gasteiger charge is -2.17. The second-order valence-corrected chi connectivity index (χ2v) is 9.05. The molecular weight excluding hydrogens is 481 g/mol. The lowest BCUT2D eigenvalue weighted by molar-refractivity contribution is -0.291. The molecular formula is C20H16F5N7OS. The van der Waals surface area contributed by atoms with Crippen molar-refractivity contribution in [2.24, 2.45) is 7.05 Å². The average Bonchev–Trinajstić information content (AvgIpc) is 3.43. The van der Waals surface area contributed by atoms with Crippen LogP contribution in [0.3, 0.4) is 0 Å². The molecule has 0 aromatic carbocycles. The number of alkyl halides is 5. The fourth-order valence-corrected chi connectivity index (χ4v) is 4.15. The van der Waals surface area contributed by atoms with Gasteiger partial charge in [-0.15, -0.1) is 22.0 Å². The summed E-state index contributed by atoms with van der Waals surface area (Å²) in [6.45, 7) is 1.94. The Labute approximate surface area is 193 Å². The molecule has 4 aromatic rings. The number of rotatable bonds is 6. The van der Waals surface area contributed by atoms with Gasteiger partial charge in [0.1, 0.15) is 16.9 Å². The number of nitrogens with zero attached hydrogens (tertiary/aromatic N) is 7. The molecule has 0 spiro atoms. The van der Waals surface area contributed by atoms with E-state index in [1.165, 1.54) is 22.5 Å². The van der Waals surface area contributed by atoms with Gasteiger partial charge in [-0.1, -0.05) is 12.1 Å². The standard InChI is InChI=1S/C20H16F5N7OS/c1-3-34-12-6-10(15-28-18(33-31-15)9-4-5-9)8-26-14(12)17-27-11-7-13(19(21,22)20(23,24)25)29-30-16(11)32(17)2/h6-9H,3-5H2,1-2H3. The Balaban J connectivity index is 1.57. The average molecular weight is 497 g/mol. The molecule has 14 heteroatoms. The lowest BCUT2D eigenvalue weighted by atomic mass is 10.2. The van der Waals surface area contributed by atoms with Gasteiger partial charge in [-0.3, -0.25) is 4.98 Å². The monoisotopic (exact) mass is 497 g/mol. The van der Waals surface area contributed by atoms with Crippen LogP contribution in [0.4, 0.5) is 22.0 Å². The number of aryl methyl sites for hydroxylation is 1. The van der Waals surface area contributed by atoms with Crippen LogP contribution in [0.25, 0.3) is 34.1 Å². The summed E-state index contributed by atoms with van der Waals surface area (Å²) in [5.41, 5.74) is -0.598. The Morgan fingerprint density at radius 1 is 1.12 bits per heavy atom. The topological polar surface area (TPSA) is 95.4 Å². The predicted octanol–water partition coefficient (Wildman–Crippen LogP) is 5.12. The maximum Gasteiger partial charge on any atom is 0.459 e. The Bertz CT molecular complexity index is 1380. The van der Waals surface area contributed by atoms with Crippen LogP contribution in [0.15, 0.2) is 27.7 Å². The van der Waals surface area contributed by atoms with E-state index < -0.39 is 17.8 Å². The molecule has 4 aromatic heterocycles. The van der Waals surface area contributed by atoms with Gasteiger partial charge in [0.25, 0.3) is 0 Å². The number of aromatic nitrogens is 7. The first-order valence-electron chi connectivity index (χ1n) is 10.2. The molecule has 5 rings (SSSR count). The molecule has 1 saturated carbocycles. The zero-order valence-electron chi connectivity index (χ0n) is 17.8. The Morgan fingerprint density at radius 3 is 2.56 bits per heavy atom. The van der Waals surface area contributed by atoms with Crippen LogP contribution >= 0.6 is 11.8 Å². The third-order valence-corrected chi connectivity index (χ3v) is 6.20. The van der Waals surface area contributed by atoms with Crippen LogP contribution in [-0.2, 0) is 13.0 Å². The molecule has 1 aliphatic rings. The Hall–Kier alpha value is -3.16. The van der Waals surface area contributed by atoms with E-state index in [-0.39, 0.29) is 17.0 Å². The highest BCUT2D eigenvalue weighted by atomic mass is 32.2. The van der Waals surface area contributed by atoms with E-state index in [9.17, 15) is 22.0 Å². The van der Waals surface area contributed by atoms with Crippen molar-refractivity contribution in [3.63, 3.8) is 0 Å². The van der Waals surface area contributed by atoms with E-state index in [2.05, 4.69) is 30.3 Å². The molecule has 0 radical (unpaired) electrons. The van der Waals surface area contributed by atoms with Gasteiger partial charge in [-0.25, -0.2) is 4.98 Å². The van der Waals surface area contributed by atoms with Gasteiger partial charge < -0.3 is 9.09 Å². The van der Waals surface area contributed by atoms with Gasteiger partial charge in [0.05, 0.1) is 0 Å². The first-order chi connectivity index (χ1) is 16.1. The largest absolute Gasteiger partial charge is 0.459 e. The van der Waals surface area contributed by atoms with Crippen LogP contribution < -0.4 is 0 Å². The fraction of sp³-hybridized carbons (Fsp3) is 0.400. The van der Waals surface area contributed by atoms with Crippen molar-refractivity contribution in [1.82, 2.24) is 34.9 Å². The molecule has 0 N–H and O–H groups in total. The lowest BCUT2D eigenvalue weighted by Crippen LogP contribution is -2.34. The van der Waals surface area contributed by atoms with Crippen molar-refractivity contribution in [3.05, 3.63) is 29.9 Å². The minimum atomic E-state index is -5.80. The summed E-state index contributed by atoms with van der Waals surface area (Å²) >= 11 is 1.45. The number of halogens is 5. The molecule has 0 aliphatic heterocycles. The van der Waals surface area contributed by atoms with E-state index >= 15 is 0 Å². The maximum atomic E-state index is 13.7. The van der Waals surface area contributed by atoms with E-state index in [1.54, 1.807) is 7.05 Å². The van der Waals surface area contributed by atoms with Crippen molar-refractivity contribution in [2.75, 3.05) is 5.75 Å². The zero-order chi connectivity index (χ0) is 24.3. The summed E-state index contributed by atoms with van der Waals surface area (Å²) in [5.74, 6) is -2.94. The zero-order valence-corrected chi connectivity index (χ0v) is 18.6. The third-order valence-electron chi connectivity index (χ3n) is 5.29. The third kappa shape index (κ3) is 3.79. The molecule has 0 atom stereocenters. The van der Waals surface area contributed by atoms with Crippen molar-refractivity contribution >= 4 is 22.9 Å². The molecule has 1 fully saturated rings. The minimum absolute atomic E-state index is 0.0438. The first-order valence-corrected chi connectivity index (χ1v) is 11.2.